The van der Waals surface area contributed by atoms with E-state index in [0.717, 1.165) is 19.3 Å². The molecule has 1 aliphatic rings. The lowest BCUT2D eigenvalue weighted by atomic mass is 9.86. The summed E-state index contributed by atoms with van der Waals surface area (Å²) in [5.41, 5.74) is 0. The number of aliphatic hydroxyl groups is 1. The van der Waals surface area contributed by atoms with Gasteiger partial charge in [-0.2, -0.15) is 0 Å². The van der Waals surface area contributed by atoms with Crippen LogP contribution in [0.1, 0.15) is 32.1 Å². The summed E-state index contributed by atoms with van der Waals surface area (Å²) in [4.78, 5) is 11.2. The Morgan fingerprint density at radius 1 is 1.43 bits per heavy atom. The number of nitrogens with one attached hydrogen (secondary N) is 1. The standard InChI is InChI=1S/C10H18BrNO2/c11-6-5-10(14)12-7-8-3-1-2-4-9(8)13/h8-9,13H,1-7H2,(H,12,14). The van der Waals surface area contributed by atoms with Crippen molar-refractivity contribution in [1.82, 2.24) is 5.32 Å². The number of halogens is 1. The maximum absolute atomic E-state index is 11.2. The highest BCUT2D eigenvalue weighted by Gasteiger charge is 2.22. The summed E-state index contributed by atoms with van der Waals surface area (Å²) in [6.07, 6.45) is 4.52. The number of carbonyl (C=O) groups excluding carboxylic acids is 1. The molecule has 2 unspecified atom stereocenters. The van der Waals surface area contributed by atoms with Crippen LogP contribution in [0, 0.1) is 5.92 Å². The van der Waals surface area contributed by atoms with Crippen LogP contribution in [0.5, 0.6) is 0 Å². The van der Waals surface area contributed by atoms with Gasteiger partial charge in [0.05, 0.1) is 6.10 Å². The van der Waals surface area contributed by atoms with Gasteiger partial charge in [0.2, 0.25) is 5.91 Å². The van der Waals surface area contributed by atoms with Gasteiger partial charge in [0.25, 0.3) is 0 Å². The van der Waals surface area contributed by atoms with Crippen LogP contribution in [0.15, 0.2) is 0 Å². The number of hydrogen-bond donors (Lipinski definition) is 2. The Bertz CT molecular complexity index is 187. The first-order chi connectivity index (χ1) is 6.74. The van der Waals surface area contributed by atoms with Gasteiger partial charge >= 0.3 is 0 Å². The second kappa shape index (κ2) is 6.40. The number of alkyl halides is 1. The third kappa shape index (κ3) is 3.96. The van der Waals surface area contributed by atoms with Crippen molar-refractivity contribution >= 4 is 21.8 Å². The Morgan fingerprint density at radius 3 is 2.79 bits per heavy atom. The van der Waals surface area contributed by atoms with Crippen LogP contribution in [0.2, 0.25) is 0 Å². The topological polar surface area (TPSA) is 49.3 Å². The zero-order chi connectivity index (χ0) is 10.4. The van der Waals surface area contributed by atoms with E-state index in [0.29, 0.717) is 18.3 Å². The average Bonchev–Trinajstić information content (AvgIpc) is 2.17. The molecule has 2 N–H and O–H groups in total. The number of hydrogen-bond acceptors (Lipinski definition) is 2. The lowest BCUT2D eigenvalue weighted by Crippen LogP contribution is -2.36. The predicted octanol–water partition coefficient (Wildman–Crippen LogP) is 1.44. The van der Waals surface area contributed by atoms with Gasteiger partial charge < -0.3 is 10.4 Å². The summed E-state index contributed by atoms with van der Waals surface area (Å²) < 4.78 is 0. The minimum Gasteiger partial charge on any atom is -0.393 e. The van der Waals surface area contributed by atoms with E-state index in [-0.39, 0.29) is 17.9 Å². The Balaban J connectivity index is 2.19. The van der Waals surface area contributed by atoms with E-state index in [1.807, 2.05) is 0 Å². The zero-order valence-electron chi connectivity index (χ0n) is 8.34. The fraction of sp³-hybridized carbons (Fsp3) is 0.900. The van der Waals surface area contributed by atoms with Crippen molar-refractivity contribution in [2.45, 2.75) is 38.2 Å². The SMILES string of the molecule is O=C(CCBr)NCC1CCCCC1O. The first kappa shape index (κ1) is 12.0. The number of amides is 1. The van der Waals surface area contributed by atoms with E-state index in [9.17, 15) is 9.90 Å². The van der Waals surface area contributed by atoms with Crippen LogP contribution in [-0.4, -0.2) is 29.0 Å². The highest BCUT2D eigenvalue weighted by molar-refractivity contribution is 9.09. The molecular weight excluding hydrogens is 246 g/mol. The van der Waals surface area contributed by atoms with Gasteiger partial charge in [0, 0.05) is 24.2 Å². The van der Waals surface area contributed by atoms with Crippen LogP contribution >= 0.6 is 15.9 Å². The van der Waals surface area contributed by atoms with Gasteiger partial charge in [-0.3, -0.25) is 4.79 Å². The molecule has 0 bridgehead atoms. The molecule has 0 spiro atoms. The summed E-state index contributed by atoms with van der Waals surface area (Å²) in [5, 5.41) is 13.2. The predicted molar refractivity (Wildman–Crippen MR) is 59.4 cm³/mol. The molecule has 0 heterocycles. The summed E-state index contributed by atoms with van der Waals surface area (Å²) in [6, 6.07) is 0. The van der Waals surface area contributed by atoms with Crippen LogP contribution in [0.25, 0.3) is 0 Å². The molecule has 2 atom stereocenters. The van der Waals surface area contributed by atoms with Gasteiger partial charge in [-0.05, 0) is 12.8 Å². The quantitative estimate of drug-likeness (QED) is 0.755. The van der Waals surface area contributed by atoms with E-state index < -0.39 is 0 Å². The van der Waals surface area contributed by atoms with Crippen LogP contribution < -0.4 is 5.32 Å². The molecule has 82 valence electrons. The molecule has 1 amide bonds. The van der Waals surface area contributed by atoms with E-state index in [1.165, 1.54) is 6.42 Å². The fourth-order valence-electron chi connectivity index (χ4n) is 1.85. The molecule has 4 heteroatoms. The largest absolute Gasteiger partial charge is 0.393 e. The smallest absolute Gasteiger partial charge is 0.220 e. The van der Waals surface area contributed by atoms with Gasteiger partial charge in [0.1, 0.15) is 0 Å². The Kier molecular flexibility index (Phi) is 5.48. The van der Waals surface area contributed by atoms with Crippen LogP contribution in [0.3, 0.4) is 0 Å². The normalized spacial score (nSPS) is 27.3. The van der Waals surface area contributed by atoms with Crippen molar-refractivity contribution in [3.05, 3.63) is 0 Å². The number of aliphatic hydroxyl groups excluding tert-OH is 1. The second-order valence-electron chi connectivity index (χ2n) is 3.85. The zero-order valence-corrected chi connectivity index (χ0v) is 9.92. The maximum atomic E-state index is 11.2. The molecule has 0 radical (unpaired) electrons. The van der Waals surface area contributed by atoms with E-state index >= 15 is 0 Å². The Hall–Kier alpha value is -0.0900. The minimum atomic E-state index is -0.215. The van der Waals surface area contributed by atoms with E-state index in [4.69, 9.17) is 0 Å². The number of carbonyl (C=O) groups is 1. The monoisotopic (exact) mass is 263 g/mol. The Morgan fingerprint density at radius 2 is 2.14 bits per heavy atom. The lowest BCUT2D eigenvalue weighted by Gasteiger charge is -2.27. The fourth-order valence-corrected chi connectivity index (χ4v) is 2.21. The van der Waals surface area contributed by atoms with Crippen molar-refractivity contribution in [3.8, 4) is 0 Å². The van der Waals surface area contributed by atoms with Crippen molar-refractivity contribution < 1.29 is 9.90 Å². The lowest BCUT2D eigenvalue weighted by molar-refractivity contribution is -0.121. The molecule has 0 aromatic rings. The Labute approximate surface area is 93.4 Å². The molecule has 3 nitrogen and oxygen atoms in total. The molecule has 0 aliphatic heterocycles. The highest BCUT2D eigenvalue weighted by atomic mass is 79.9. The molecule has 1 aliphatic carbocycles. The van der Waals surface area contributed by atoms with Crippen LogP contribution in [0.4, 0.5) is 0 Å². The molecule has 0 aromatic heterocycles. The molecule has 0 saturated heterocycles. The van der Waals surface area contributed by atoms with Crippen LogP contribution in [-0.2, 0) is 4.79 Å². The average molecular weight is 264 g/mol. The van der Waals surface area contributed by atoms with Gasteiger partial charge in [-0.15, -0.1) is 0 Å². The third-order valence-corrected chi connectivity index (χ3v) is 3.15. The van der Waals surface area contributed by atoms with Crippen molar-refractivity contribution in [1.29, 1.82) is 0 Å². The molecule has 14 heavy (non-hydrogen) atoms. The van der Waals surface area contributed by atoms with Gasteiger partial charge in [0.15, 0.2) is 0 Å². The van der Waals surface area contributed by atoms with E-state index in [2.05, 4.69) is 21.2 Å². The molecule has 0 aromatic carbocycles. The molecule has 1 saturated carbocycles. The third-order valence-electron chi connectivity index (χ3n) is 2.75. The van der Waals surface area contributed by atoms with Crippen molar-refractivity contribution in [2.24, 2.45) is 5.92 Å². The maximum Gasteiger partial charge on any atom is 0.220 e. The first-order valence-corrected chi connectivity index (χ1v) is 6.37. The summed E-state index contributed by atoms with van der Waals surface area (Å²) in [5.74, 6) is 0.336. The van der Waals surface area contributed by atoms with E-state index in [1.54, 1.807) is 0 Å². The second-order valence-corrected chi connectivity index (χ2v) is 4.65. The molecule has 1 rings (SSSR count). The summed E-state index contributed by atoms with van der Waals surface area (Å²) >= 11 is 3.22. The summed E-state index contributed by atoms with van der Waals surface area (Å²) in [6.45, 7) is 0.632. The van der Waals surface area contributed by atoms with Gasteiger partial charge in [-0.25, -0.2) is 0 Å². The summed E-state index contributed by atoms with van der Waals surface area (Å²) in [7, 11) is 0. The van der Waals surface area contributed by atoms with Crippen molar-refractivity contribution in [2.75, 3.05) is 11.9 Å². The minimum absolute atomic E-state index is 0.0691. The number of rotatable bonds is 4. The molecular formula is C10H18BrNO2. The van der Waals surface area contributed by atoms with Crippen molar-refractivity contribution in [3.63, 3.8) is 0 Å². The van der Waals surface area contributed by atoms with Gasteiger partial charge in [-0.1, -0.05) is 28.8 Å². The first-order valence-electron chi connectivity index (χ1n) is 5.24. The highest BCUT2D eigenvalue weighted by Crippen LogP contribution is 2.23. The molecule has 1 fully saturated rings.